The van der Waals surface area contributed by atoms with E-state index in [2.05, 4.69) is 208 Å². The van der Waals surface area contributed by atoms with Gasteiger partial charge in [-0.3, -0.25) is 0 Å². The highest BCUT2D eigenvalue weighted by Crippen LogP contribution is 2.53. The van der Waals surface area contributed by atoms with Crippen LogP contribution in [-0.2, 0) is 5.41 Å². The van der Waals surface area contributed by atoms with E-state index in [0.717, 1.165) is 0 Å². The molecule has 0 heteroatoms. The molecule has 0 N–H and O–H groups in total. The van der Waals surface area contributed by atoms with Gasteiger partial charge in [0, 0.05) is 5.41 Å². The minimum atomic E-state index is -0.114. The van der Waals surface area contributed by atoms with Crippen molar-refractivity contribution in [1.29, 1.82) is 0 Å². The second-order valence-electron chi connectivity index (χ2n) is 15.6. The fourth-order valence-corrected chi connectivity index (χ4v) is 9.72. The lowest BCUT2D eigenvalue weighted by molar-refractivity contribution is 0.661. The van der Waals surface area contributed by atoms with Crippen molar-refractivity contribution in [1.82, 2.24) is 0 Å². The zero-order chi connectivity index (χ0) is 36.7. The monoisotopic (exact) mass is 698 g/mol. The van der Waals surface area contributed by atoms with E-state index in [1.807, 2.05) is 0 Å². The van der Waals surface area contributed by atoms with Crippen molar-refractivity contribution in [2.24, 2.45) is 0 Å². The van der Waals surface area contributed by atoms with Gasteiger partial charge in [-0.25, -0.2) is 0 Å². The van der Waals surface area contributed by atoms with Crippen LogP contribution in [0.5, 0.6) is 0 Å². The quantitative estimate of drug-likeness (QED) is 0.127. The Balaban J connectivity index is 1.17. The lowest BCUT2D eigenvalue weighted by atomic mass is 9.80. The maximum Gasteiger partial charge on any atom is 0.0159 e. The van der Waals surface area contributed by atoms with E-state index in [1.54, 1.807) is 0 Å². The molecule has 0 unspecified atom stereocenters. The largest absolute Gasteiger partial charge is 0.0622 e. The van der Waals surface area contributed by atoms with Crippen LogP contribution < -0.4 is 0 Å². The first-order valence-corrected chi connectivity index (χ1v) is 19.4. The number of hydrogen-bond acceptors (Lipinski definition) is 0. The van der Waals surface area contributed by atoms with E-state index in [0.29, 0.717) is 0 Å². The SMILES string of the molecule is CC1(C)c2cc(-c3ccccc3-c3ccccc3-c3c4ccccc4c(-c4ccccc4)c4ccc5ccccc5c34)ccc2-c2c1ccc1ccccc21. The molecule has 258 valence electrons. The van der Waals surface area contributed by atoms with Crippen LogP contribution in [0.15, 0.2) is 194 Å². The molecule has 0 heterocycles. The minimum Gasteiger partial charge on any atom is -0.0622 e. The van der Waals surface area contributed by atoms with Crippen molar-refractivity contribution in [3.63, 3.8) is 0 Å². The van der Waals surface area contributed by atoms with Crippen LogP contribution in [0, 0.1) is 0 Å². The van der Waals surface area contributed by atoms with Gasteiger partial charge in [0.1, 0.15) is 0 Å². The van der Waals surface area contributed by atoms with E-state index in [9.17, 15) is 0 Å². The van der Waals surface area contributed by atoms with Crippen LogP contribution >= 0.6 is 0 Å². The lowest BCUT2D eigenvalue weighted by Gasteiger charge is -2.23. The fourth-order valence-electron chi connectivity index (χ4n) is 9.72. The second-order valence-corrected chi connectivity index (χ2v) is 15.6. The predicted octanol–water partition coefficient (Wildman–Crippen LogP) is 15.3. The average molecular weight is 699 g/mol. The zero-order valence-corrected chi connectivity index (χ0v) is 31.0. The van der Waals surface area contributed by atoms with Crippen LogP contribution in [0.2, 0.25) is 0 Å². The van der Waals surface area contributed by atoms with Gasteiger partial charge in [-0.2, -0.15) is 0 Å². The molecule has 0 spiro atoms. The van der Waals surface area contributed by atoms with Crippen LogP contribution in [0.1, 0.15) is 25.0 Å². The summed E-state index contributed by atoms with van der Waals surface area (Å²) in [6.07, 6.45) is 0. The topological polar surface area (TPSA) is 0 Å². The predicted molar refractivity (Wildman–Crippen MR) is 236 cm³/mol. The maximum absolute atomic E-state index is 2.47. The maximum atomic E-state index is 2.47. The molecule has 1 aliphatic carbocycles. The first-order valence-electron chi connectivity index (χ1n) is 19.4. The summed E-state index contributed by atoms with van der Waals surface area (Å²) in [5.41, 5.74) is 15.4. The molecular formula is C55H38. The Morgan fingerprint density at radius 2 is 0.836 bits per heavy atom. The van der Waals surface area contributed by atoms with Crippen molar-refractivity contribution in [3.8, 4) is 55.6 Å². The molecule has 11 rings (SSSR count). The second kappa shape index (κ2) is 12.1. The summed E-state index contributed by atoms with van der Waals surface area (Å²) in [6, 6.07) is 72.2. The van der Waals surface area contributed by atoms with Crippen LogP contribution in [0.4, 0.5) is 0 Å². The van der Waals surface area contributed by atoms with Gasteiger partial charge in [0.25, 0.3) is 0 Å². The van der Waals surface area contributed by atoms with E-state index in [4.69, 9.17) is 0 Å². The molecule has 0 amide bonds. The lowest BCUT2D eigenvalue weighted by Crippen LogP contribution is -2.15. The molecule has 0 nitrogen and oxygen atoms in total. The van der Waals surface area contributed by atoms with Gasteiger partial charge in [0.05, 0.1) is 0 Å². The van der Waals surface area contributed by atoms with E-state index < -0.39 is 0 Å². The Morgan fingerprint density at radius 1 is 0.291 bits per heavy atom. The van der Waals surface area contributed by atoms with Gasteiger partial charge in [-0.05, 0) is 116 Å². The molecule has 0 radical (unpaired) electrons. The van der Waals surface area contributed by atoms with Crippen molar-refractivity contribution < 1.29 is 0 Å². The van der Waals surface area contributed by atoms with Gasteiger partial charge in [0.2, 0.25) is 0 Å². The van der Waals surface area contributed by atoms with Gasteiger partial charge in [-0.15, -0.1) is 0 Å². The van der Waals surface area contributed by atoms with Crippen molar-refractivity contribution in [2.45, 2.75) is 19.3 Å². The van der Waals surface area contributed by atoms with Crippen molar-refractivity contribution >= 4 is 43.1 Å². The molecule has 1 aliphatic rings. The standard InChI is InChI=1S/C55H38/c1-55(2)49-33-30-36-17-6-8-21-40(36)52(49)47-31-29-38(34-50(47)55)39-20-10-11-23-42(39)43-24-12-13-25-44(43)54-46-27-15-14-26-45(46)51(37-18-4-3-5-19-37)48-32-28-35-16-7-9-22-41(35)53(48)54/h3-34H,1-2H3. The minimum absolute atomic E-state index is 0.114. The molecule has 0 atom stereocenters. The molecular weight excluding hydrogens is 661 g/mol. The summed E-state index contributed by atoms with van der Waals surface area (Å²) in [4.78, 5) is 0. The highest BCUT2D eigenvalue weighted by atomic mass is 14.4. The summed E-state index contributed by atoms with van der Waals surface area (Å²) < 4.78 is 0. The zero-order valence-electron chi connectivity index (χ0n) is 31.0. The highest BCUT2D eigenvalue weighted by molar-refractivity contribution is 6.28. The van der Waals surface area contributed by atoms with E-state index >= 15 is 0 Å². The third-order valence-electron chi connectivity index (χ3n) is 12.3. The first-order chi connectivity index (χ1) is 27.1. The molecule has 10 aromatic carbocycles. The molecule has 10 aromatic rings. The van der Waals surface area contributed by atoms with Crippen molar-refractivity contribution in [3.05, 3.63) is 205 Å². The van der Waals surface area contributed by atoms with Crippen LogP contribution in [0.25, 0.3) is 98.7 Å². The number of hydrogen-bond donors (Lipinski definition) is 0. The molecule has 0 aromatic heterocycles. The molecule has 0 saturated carbocycles. The molecule has 0 saturated heterocycles. The van der Waals surface area contributed by atoms with Crippen LogP contribution in [0.3, 0.4) is 0 Å². The van der Waals surface area contributed by atoms with Gasteiger partial charge in [0.15, 0.2) is 0 Å². The summed E-state index contributed by atoms with van der Waals surface area (Å²) >= 11 is 0. The molecule has 0 bridgehead atoms. The first kappa shape index (κ1) is 31.7. The summed E-state index contributed by atoms with van der Waals surface area (Å²) in [5, 5.41) is 10.2. The Hall–Kier alpha value is -6.76. The Bertz CT molecular complexity index is 3160. The summed E-state index contributed by atoms with van der Waals surface area (Å²) in [5.74, 6) is 0. The van der Waals surface area contributed by atoms with Gasteiger partial charge < -0.3 is 0 Å². The van der Waals surface area contributed by atoms with Gasteiger partial charge >= 0.3 is 0 Å². The third kappa shape index (κ3) is 4.71. The number of fused-ring (bicyclic) bond motifs is 9. The van der Waals surface area contributed by atoms with E-state index in [1.165, 1.54) is 110 Å². The molecule has 0 fully saturated rings. The Morgan fingerprint density at radius 3 is 1.58 bits per heavy atom. The highest BCUT2D eigenvalue weighted by Gasteiger charge is 2.36. The Kier molecular flexibility index (Phi) is 7.00. The van der Waals surface area contributed by atoms with E-state index in [-0.39, 0.29) is 5.41 Å². The van der Waals surface area contributed by atoms with Crippen LogP contribution in [-0.4, -0.2) is 0 Å². The third-order valence-corrected chi connectivity index (χ3v) is 12.3. The molecule has 0 aliphatic heterocycles. The Labute approximate surface area is 322 Å². The average Bonchev–Trinajstić information content (AvgIpc) is 3.48. The van der Waals surface area contributed by atoms with Crippen molar-refractivity contribution in [2.75, 3.05) is 0 Å². The normalized spacial score (nSPS) is 13.1. The number of rotatable bonds is 4. The van der Waals surface area contributed by atoms with Gasteiger partial charge in [-0.1, -0.05) is 202 Å². The fraction of sp³-hybridized carbons (Fsp3) is 0.0545. The summed E-state index contributed by atoms with van der Waals surface area (Å²) in [7, 11) is 0. The molecule has 55 heavy (non-hydrogen) atoms. The smallest absolute Gasteiger partial charge is 0.0159 e. The number of benzene rings is 10. The summed E-state index contributed by atoms with van der Waals surface area (Å²) in [6.45, 7) is 4.77.